The summed E-state index contributed by atoms with van der Waals surface area (Å²) in [6.07, 6.45) is 0.0268. The fourth-order valence-electron chi connectivity index (χ4n) is 6.41. The molecule has 0 aromatic heterocycles. The maximum atomic E-state index is 12.7. The number of likely N-dealkylation sites (tertiary alicyclic amines) is 1. The zero-order valence-corrected chi connectivity index (χ0v) is 20.2. The molecule has 2 unspecified atom stereocenters. The second-order valence-electron chi connectivity index (χ2n) is 9.92. The molecule has 11 heteroatoms. The lowest BCUT2D eigenvalue weighted by Crippen LogP contribution is -2.74. The van der Waals surface area contributed by atoms with Crippen LogP contribution >= 0.6 is 0 Å². The lowest BCUT2D eigenvalue weighted by atomic mass is 9.50. The van der Waals surface area contributed by atoms with Crippen molar-refractivity contribution >= 4 is 17.8 Å². The summed E-state index contributed by atoms with van der Waals surface area (Å²) < 4.78 is 17.7. The van der Waals surface area contributed by atoms with Crippen LogP contribution in [0.4, 0.5) is 0 Å². The SMILES string of the molecule is COc1ccc2c3c1OC1C(OC(=O)CCNC(=O)C[C@H](O)C(=O)O)=CC[C@@]4(O)[C@@H](C2)N(C)CCC314. The Kier molecular flexibility index (Phi) is 5.97. The van der Waals surface area contributed by atoms with Crippen molar-refractivity contribution in [2.45, 2.75) is 61.4 Å². The molecule has 1 fully saturated rings. The predicted octanol–water partition coefficient (Wildman–Crippen LogP) is -0.142. The number of carbonyl (C=O) groups excluding carboxylic acids is 2. The maximum absolute atomic E-state index is 12.7. The van der Waals surface area contributed by atoms with Gasteiger partial charge >= 0.3 is 11.9 Å². The van der Waals surface area contributed by atoms with E-state index in [-0.39, 0.29) is 19.0 Å². The van der Waals surface area contributed by atoms with Crippen LogP contribution < -0.4 is 14.8 Å². The van der Waals surface area contributed by atoms with Crippen LogP contribution in [0.25, 0.3) is 0 Å². The molecule has 5 atom stereocenters. The van der Waals surface area contributed by atoms with Crippen LogP contribution in [0.15, 0.2) is 24.0 Å². The summed E-state index contributed by atoms with van der Waals surface area (Å²) in [4.78, 5) is 37.3. The van der Waals surface area contributed by atoms with Crippen molar-refractivity contribution in [1.82, 2.24) is 10.2 Å². The van der Waals surface area contributed by atoms with Gasteiger partial charge in [-0.2, -0.15) is 0 Å². The van der Waals surface area contributed by atoms with Crippen LogP contribution in [0.1, 0.15) is 36.8 Å². The quantitative estimate of drug-likeness (QED) is 0.353. The Hall–Kier alpha value is -3.15. The summed E-state index contributed by atoms with van der Waals surface area (Å²) in [6, 6.07) is 3.76. The van der Waals surface area contributed by atoms with Crippen LogP contribution in [0.5, 0.6) is 11.5 Å². The number of aliphatic hydroxyl groups is 2. The smallest absolute Gasteiger partial charge is 0.333 e. The fourth-order valence-corrected chi connectivity index (χ4v) is 6.41. The number of aliphatic carboxylic acids is 1. The Balaban J connectivity index is 1.36. The first-order valence-corrected chi connectivity index (χ1v) is 12.0. The number of methoxy groups -OCH3 is 1. The number of aliphatic hydroxyl groups excluding tert-OH is 1. The first-order chi connectivity index (χ1) is 17.1. The minimum Gasteiger partial charge on any atom is -0.493 e. The molecule has 0 radical (unpaired) electrons. The molecule has 36 heavy (non-hydrogen) atoms. The van der Waals surface area contributed by atoms with E-state index in [1.54, 1.807) is 13.2 Å². The van der Waals surface area contributed by atoms with Gasteiger partial charge in [0, 0.05) is 24.6 Å². The van der Waals surface area contributed by atoms with Crippen LogP contribution in [-0.2, 0) is 31.0 Å². The molecular formula is C25H30N2O9. The molecular weight excluding hydrogens is 472 g/mol. The van der Waals surface area contributed by atoms with E-state index in [1.165, 1.54) is 0 Å². The number of carboxylic acids is 1. The minimum atomic E-state index is -1.81. The molecule has 2 heterocycles. The Morgan fingerprint density at radius 1 is 1.33 bits per heavy atom. The van der Waals surface area contributed by atoms with Gasteiger partial charge in [-0.05, 0) is 44.1 Å². The molecule has 1 spiro atoms. The average Bonchev–Trinajstić information content (AvgIpc) is 3.18. The molecule has 11 nitrogen and oxygen atoms in total. The standard InChI is InChI=1S/C25H30N2O9/c1-27-10-8-24-20-13-3-4-15(34-2)21(20)36-22(24)16(5-7-25(24,33)17(27)11-13)35-19(30)6-9-26-18(29)12-14(28)23(31)32/h3-5,14,17,22,28,33H,6-12H2,1-2H3,(H,26,29)(H,31,32)/t14-,17+,22?,24?,25+/m0/s1. The van der Waals surface area contributed by atoms with Gasteiger partial charge in [0.25, 0.3) is 0 Å². The van der Waals surface area contributed by atoms with Crippen molar-refractivity contribution in [3.05, 3.63) is 35.1 Å². The van der Waals surface area contributed by atoms with Crippen molar-refractivity contribution in [3.8, 4) is 11.5 Å². The van der Waals surface area contributed by atoms with E-state index in [9.17, 15) is 24.6 Å². The summed E-state index contributed by atoms with van der Waals surface area (Å²) in [5, 5.41) is 32.5. The maximum Gasteiger partial charge on any atom is 0.333 e. The van der Waals surface area contributed by atoms with E-state index in [0.717, 1.165) is 17.7 Å². The van der Waals surface area contributed by atoms with Crippen LogP contribution in [0.3, 0.4) is 0 Å². The van der Waals surface area contributed by atoms with Crippen molar-refractivity contribution in [2.24, 2.45) is 0 Å². The minimum absolute atomic E-state index is 0.0804. The molecule has 4 aliphatic rings. The number of benzene rings is 1. The van der Waals surface area contributed by atoms with Gasteiger partial charge < -0.3 is 39.7 Å². The van der Waals surface area contributed by atoms with Crippen molar-refractivity contribution in [3.63, 3.8) is 0 Å². The number of rotatable bonds is 8. The number of esters is 1. The predicted molar refractivity (Wildman–Crippen MR) is 123 cm³/mol. The summed E-state index contributed by atoms with van der Waals surface area (Å²) in [5.74, 6) is -1.32. The molecule has 1 aromatic rings. The topological polar surface area (TPSA) is 155 Å². The van der Waals surface area contributed by atoms with E-state index in [2.05, 4.69) is 10.2 Å². The molecule has 194 valence electrons. The van der Waals surface area contributed by atoms with Crippen LogP contribution in [0.2, 0.25) is 0 Å². The summed E-state index contributed by atoms with van der Waals surface area (Å²) in [6.45, 7) is 0.668. The van der Waals surface area contributed by atoms with Crippen molar-refractivity contribution in [2.75, 3.05) is 27.2 Å². The van der Waals surface area contributed by atoms with Gasteiger partial charge in [0.1, 0.15) is 5.76 Å². The van der Waals surface area contributed by atoms with Gasteiger partial charge in [-0.25, -0.2) is 4.79 Å². The van der Waals surface area contributed by atoms with Crippen molar-refractivity contribution in [1.29, 1.82) is 0 Å². The first kappa shape index (κ1) is 24.5. The Bertz CT molecular complexity index is 1150. The number of piperidine rings is 1. The highest BCUT2D eigenvalue weighted by atomic mass is 16.6. The van der Waals surface area contributed by atoms with E-state index in [4.69, 9.17) is 19.3 Å². The lowest BCUT2D eigenvalue weighted by molar-refractivity contribution is -0.169. The number of likely N-dealkylation sites (N-methyl/N-ethyl adjacent to an activating group) is 1. The number of nitrogens with one attached hydrogen (secondary N) is 1. The Labute approximate surface area is 207 Å². The second kappa shape index (κ2) is 8.75. The van der Waals surface area contributed by atoms with E-state index in [1.807, 2.05) is 19.2 Å². The number of hydrogen-bond acceptors (Lipinski definition) is 9. The number of hydrogen-bond donors (Lipinski definition) is 4. The summed E-state index contributed by atoms with van der Waals surface area (Å²) in [7, 11) is 3.58. The number of nitrogens with zero attached hydrogens (tertiary/aromatic N) is 1. The first-order valence-electron chi connectivity index (χ1n) is 12.0. The van der Waals surface area contributed by atoms with Gasteiger partial charge in [-0.1, -0.05) is 6.07 Å². The Morgan fingerprint density at radius 3 is 2.83 bits per heavy atom. The molecule has 2 aliphatic heterocycles. The highest BCUT2D eigenvalue weighted by Crippen LogP contribution is 2.65. The average molecular weight is 503 g/mol. The van der Waals surface area contributed by atoms with Gasteiger partial charge in [0.2, 0.25) is 5.91 Å². The molecule has 1 amide bonds. The van der Waals surface area contributed by atoms with Gasteiger partial charge in [-0.3, -0.25) is 9.59 Å². The van der Waals surface area contributed by atoms with Crippen LogP contribution in [0, 0.1) is 0 Å². The number of amides is 1. The molecule has 1 saturated heterocycles. The van der Waals surface area contributed by atoms with Gasteiger partial charge in [0.05, 0.1) is 31.0 Å². The fraction of sp³-hybridized carbons (Fsp3) is 0.560. The van der Waals surface area contributed by atoms with E-state index >= 15 is 0 Å². The highest BCUT2D eigenvalue weighted by Gasteiger charge is 2.72. The van der Waals surface area contributed by atoms with Crippen molar-refractivity contribution < 1.29 is 43.9 Å². The molecule has 2 aliphatic carbocycles. The lowest BCUT2D eigenvalue weighted by Gasteiger charge is -2.61. The van der Waals surface area contributed by atoms with Gasteiger partial charge in [0.15, 0.2) is 23.7 Å². The third kappa shape index (κ3) is 3.48. The monoisotopic (exact) mass is 502 g/mol. The molecule has 4 N–H and O–H groups in total. The molecule has 1 aromatic carbocycles. The summed E-state index contributed by atoms with van der Waals surface area (Å²) in [5.41, 5.74) is 0.134. The van der Waals surface area contributed by atoms with E-state index in [0.29, 0.717) is 36.5 Å². The second-order valence-corrected chi connectivity index (χ2v) is 9.92. The van der Waals surface area contributed by atoms with Gasteiger partial charge in [-0.15, -0.1) is 0 Å². The molecule has 0 saturated carbocycles. The zero-order valence-electron chi connectivity index (χ0n) is 20.2. The van der Waals surface area contributed by atoms with E-state index < -0.39 is 47.5 Å². The number of ether oxygens (including phenoxy) is 3. The molecule has 5 rings (SSSR count). The number of carbonyl (C=O) groups is 3. The third-order valence-electron chi connectivity index (χ3n) is 8.10. The largest absolute Gasteiger partial charge is 0.493 e. The Morgan fingerprint density at radius 2 is 2.11 bits per heavy atom. The van der Waals surface area contributed by atoms with Crippen LogP contribution in [-0.4, -0.2) is 89.2 Å². The number of carboxylic acid groups (broad SMARTS) is 1. The normalized spacial score (nSPS) is 30.4. The summed E-state index contributed by atoms with van der Waals surface area (Å²) >= 11 is 0. The zero-order chi connectivity index (χ0) is 25.8. The highest BCUT2D eigenvalue weighted by molar-refractivity contribution is 5.83. The molecule has 2 bridgehead atoms. The third-order valence-corrected chi connectivity index (χ3v) is 8.10.